The number of anilines is 2. The molecule has 21 heavy (non-hydrogen) atoms. The highest BCUT2D eigenvalue weighted by atomic mass is 32.2. The molecule has 0 bridgehead atoms. The molecule has 0 spiro atoms. The summed E-state index contributed by atoms with van der Waals surface area (Å²) >= 11 is -2.16. The highest BCUT2D eigenvalue weighted by Gasteiger charge is 2.19. The first-order chi connectivity index (χ1) is 9.97. The van der Waals surface area contributed by atoms with Crippen LogP contribution in [-0.2, 0) is 15.9 Å². The molecule has 110 valence electrons. The molecule has 0 heterocycles. The van der Waals surface area contributed by atoms with Crippen LogP contribution in [0.5, 0.6) is 0 Å². The third-order valence-corrected chi connectivity index (χ3v) is 3.57. The maximum Gasteiger partial charge on any atom is 0.246 e. The van der Waals surface area contributed by atoms with Gasteiger partial charge >= 0.3 is 0 Å². The first-order valence-electron chi connectivity index (χ1n) is 6.51. The van der Waals surface area contributed by atoms with Gasteiger partial charge in [-0.05, 0) is 38.1 Å². The minimum atomic E-state index is -2.16. The minimum absolute atomic E-state index is 0.413. The second-order valence-corrected chi connectivity index (χ2v) is 5.80. The topological polar surface area (TPSA) is 57.6 Å². The summed E-state index contributed by atoms with van der Waals surface area (Å²) in [7, 11) is 0. The Balaban J connectivity index is 2.43. The zero-order valence-electron chi connectivity index (χ0n) is 11.9. The highest BCUT2D eigenvalue weighted by molar-refractivity contribution is 7.80. The van der Waals surface area contributed by atoms with E-state index in [1.807, 2.05) is 62.4 Å². The molecule has 1 N–H and O–H groups in total. The van der Waals surface area contributed by atoms with E-state index in [1.54, 1.807) is 0 Å². The smallest absolute Gasteiger partial charge is 0.246 e. The van der Waals surface area contributed by atoms with Crippen molar-refractivity contribution in [3.05, 3.63) is 59.7 Å². The molecule has 0 saturated carbocycles. The number of rotatable bonds is 4. The molecule has 0 aliphatic carbocycles. The average Bonchev–Trinajstić information content (AvgIpc) is 2.42. The summed E-state index contributed by atoms with van der Waals surface area (Å²) in [6, 6.07) is 14.9. The summed E-state index contributed by atoms with van der Waals surface area (Å²) in [5.74, 6) is -0.842. The molecule has 1 unspecified atom stereocenters. The predicted octanol–water partition coefficient (Wildman–Crippen LogP) is 3.19. The summed E-state index contributed by atoms with van der Waals surface area (Å²) in [5.41, 5.74) is 3.53. The normalized spacial score (nSPS) is 12.0. The van der Waals surface area contributed by atoms with E-state index in [-0.39, 0.29) is 0 Å². The van der Waals surface area contributed by atoms with Crippen LogP contribution >= 0.6 is 0 Å². The second-order valence-electron chi connectivity index (χ2n) is 4.87. The molecule has 0 aliphatic rings. The van der Waals surface area contributed by atoms with Crippen molar-refractivity contribution in [1.29, 1.82) is 0 Å². The maximum absolute atomic E-state index is 12.3. The van der Waals surface area contributed by atoms with Crippen LogP contribution in [0.3, 0.4) is 0 Å². The van der Waals surface area contributed by atoms with Crippen molar-refractivity contribution in [1.82, 2.24) is 0 Å². The Morgan fingerprint density at radius 2 is 1.33 bits per heavy atom. The van der Waals surface area contributed by atoms with Crippen molar-refractivity contribution in [3.63, 3.8) is 0 Å². The van der Waals surface area contributed by atoms with Gasteiger partial charge in [-0.2, -0.15) is 0 Å². The molecule has 2 aromatic carbocycles. The zero-order chi connectivity index (χ0) is 15.4. The highest BCUT2D eigenvalue weighted by Crippen LogP contribution is 2.26. The van der Waals surface area contributed by atoms with E-state index < -0.39 is 22.7 Å². The van der Waals surface area contributed by atoms with Gasteiger partial charge in [-0.1, -0.05) is 35.4 Å². The molecule has 2 rings (SSSR count). The number of amides is 1. The molecular formula is C16H17NO3S. The van der Waals surface area contributed by atoms with Crippen molar-refractivity contribution < 1.29 is 13.6 Å². The van der Waals surface area contributed by atoms with Gasteiger partial charge in [-0.15, -0.1) is 0 Å². The number of aryl methyl sites for hydroxylation is 2. The summed E-state index contributed by atoms with van der Waals surface area (Å²) in [6.07, 6.45) is 0. The van der Waals surface area contributed by atoms with Gasteiger partial charge in [0.1, 0.15) is 5.75 Å². The zero-order valence-corrected chi connectivity index (χ0v) is 12.8. The largest absolute Gasteiger partial charge is 0.306 e. The maximum atomic E-state index is 12.3. The number of hydrogen-bond acceptors (Lipinski definition) is 2. The Morgan fingerprint density at radius 3 is 1.67 bits per heavy atom. The van der Waals surface area contributed by atoms with E-state index in [2.05, 4.69) is 0 Å². The molecule has 2 aromatic rings. The fraction of sp³-hybridized carbons (Fsp3) is 0.188. The van der Waals surface area contributed by atoms with E-state index in [0.717, 1.165) is 11.1 Å². The van der Waals surface area contributed by atoms with E-state index in [9.17, 15) is 9.00 Å². The summed E-state index contributed by atoms with van der Waals surface area (Å²) in [4.78, 5) is 13.8. The van der Waals surface area contributed by atoms with E-state index in [0.29, 0.717) is 11.4 Å². The first kappa shape index (κ1) is 15.4. The fourth-order valence-corrected chi connectivity index (χ4v) is 2.34. The molecule has 0 fully saturated rings. The Morgan fingerprint density at radius 1 is 0.952 bits per heavy atom. The van der Waals surface area contributed by atoms with Gasteiger partial charge in [0.2, 0.25) is 5.91 Å². The predicted molar refractivity (Wildman–Crippen MR) is 85.1 cm³/mol. The van der Waals surface area contributed by atoms with Crippen molar-refractivity contribution in [2.24, 2.45) is 0 Å². The van der Waals surface area contributed by atoms with E-state index in [1.165, 1.54) is 4.90 Å². The number of carbonyl (C=O) groups is 1. The van der Waals surface area contributed by atoms with Gasteiger partial charge in [0, 0.05) is 11.4 Å². The molecule has 0 radical (unpaired) electrons. The second kappa shape index (κ2) is 6.65. The molecule has 0 aliphatic heterocycles. The molecule has 1 amide bonds. The van der Waals surface area contributed by atoms with Gasteiger partial charge < -0.3 is 4.55 Å². The van der Waals surface area contributed by atoms with Crippen molar-refractivity contribution in [3.8, 4) is 0 Å². The molecule has 5 heteroatoms. The molecular weight excluding hydrogens is 286 g/mol. The van der Waals surface area contributed by atoms with Gasteiger partial charge in [-0.3, -0.25) is 9.69 Å². The van der Waals surface area contributed by atoms with Gasteiger partial charge in [0.25, 0.3) is 0 Å². The van der Waals surface area contributed by atoms with Gasteiger partial charge in [0.05, 0.1) is 0 Å². The standard InChI is InChI=1S/C16H17NO3S/c1-12-3-7-14(8-4-12)17(16(18)11-21(19)20)15-9-5-13(2)6-10-15/h3-10H,11H2,1-2H3,(H,19,20). The summed E-state index contributed by atoms with van der Waals surface area (Å²) in [6.45, 7) is 3.93. The third kappa shape index (κ3) is 4.00. The van der Waals surface area contributed by atoms with Gasteiger partial charge in [-0.25, -0.2) is 4.21 Å². The Kier molecular flexibility index (Phi) is 4.88. The van der Waals surface area contributed by atoms with Crippen LogP contribution in [0, 0.1) is 13.8 Å². The van der Waals surface area contributed by atoms with E-state index in [4.69, 9.17) is 4.55 Å². The van der Waals surface area contributed by atoms with Crippen LogP contribution in [-0.4, -0.2) is 20.4 Å². The lowest BCUT2D eigenvalue weighted by atomic mass is 10.1. The Bertz CT molecular complexity index is 605. The average molecular weight is 303 g/mol. The quantitative estimate of drug-likeness (QED) is 0.883. The molecule has 0 saturated heterocycles. The lowest BCUT2D eigenvalue weighted by Crippen LogP contribution is -2.30. The minimum Gasteiger partial charge on any atom is -0.306 e. The number of carbonyl (C=O) groups excluding carboxylic acids is 1. The lowest BCUT2D eigenvalue weighted by molar-refractivity contribution is -0.115. The molecule has 1 atom stereocenters. The Labute approximate surface area is 126 Å². The van der Waals surface area contributed by atoms with Crippen LogP contribution in [0.4, 0.5) is 11.4 Å². The van der Waals surface area contributed by atoms with Crippen LogP contribution in [0.2, 0.25) is 0 Å². The molecule has 4 nitrogen and oxygen atoms in total. The van der Waals surface area contributed by atoms with Crippen LogP contribution < -0.4 is 4.90 Å². The monoisotopic (exact) mass is 303 g/mol. The summed E-state index contributed by atoms with van der Waals surface area (Å²) in [5, 5.41) is 0. The lowest BCUT2D eigenvalue weighted by Gasteiger charge is -2.23. The van der Waals surface area contributed by atoms with E-state index >= 15 is 0 Å². The Hall–Kier alpha value is -1.98. The van der Waals surface area contributed by atoms with Gasteiger partial charge in [0.15, 0.2) is 11.1 Å². The molecule has 0 aromatic heterocycles. The van der Waals surface area contributed by atoms with Crippen molar-refractivity contribution in [2.45, 2.75) is 13.8 Å². The van der Waals surface area contributed by atoms with Crippen molar-refractivity contribution >= 4 is 28.4 Å². The fourth-order valence-electron chi connectivity index (χ4n) is 1.99. The summed E-state index contributed by atoms with van der Waals surface area (Å²) < 4.78 is 19.9. The number of hydrogen-bond donors (Lipinski definition) is 1. The number of benzene rings is 2. The van der Waals surface area contributed by atoms with Crippen LogP contribution in [0.25, 0.3) is 0 Å². The number of nitrogens with zero attached hydrogens (tertiary/aromatic N) is 1. The van der Waals surface area contributed by atoms with Crippen LogP contribution in [0.15, 0.2) is 48.5 Å². The SMILES string of the molecule is Cc1ccc(N(C(=O)CS(=O)O)c2ccc(C)cc2)cc1. The van der Waals surface area contributed by atoms with Crippen molar-refractivity contribution in [2.75, 3.05) is 10.7 Å². The first-order valence-corrected chi connectivity index (χ1v) is 7.78. The third-order valence-electron chi connectivity index (χ3n) is 3.08. The van der Waals surface area contributed by atoms with Crippen LogP contribution in [0.1, 0.15) is 11.1 Å².